The fourth-order valence-corrected chi connectivity index (χ4v) is 3.60. The van der Waals surface area contributed by atoms with Crippen molar-refractivity contribution in [3.8, 4) is 11.8 Å². The summed E-state index contributed by atoms with van der Waals surface area (Å²) in [7, 11) is 0. The Morgan fingerprint density at radius 3 is 2.36 bits per heavy atom. The maximum Gasteiger partial charge on any atom is 0.263 e. The van der Waals surface area contributed by atoms with Gasteiger partial charge >= 0.3 is 0 Å². The molecular formula is C20H27N3O2. The van der Waals surface area contributed by atoms with E-state index in [1.165, 1.54) is 0 Å². The summed E-state index contributed by atoms with van der Waals surface area (Å²) in [5.74, 6) is 0.734. The topological polar surface area (TPSA) is 56.6 Å². The number of piperidine rings is 1. The number of hydrogen-bond donors (Lipinski definition) is 0. The SMILES string of the molecule is CCN1CCC(N(C(=O)C(C)Oc2ccc(C#N)cc2)C2CC2)CC1. The van der Waals surface area contributed by atoms with Gasteiger partial charge in [0.25, 0.3) is 5.91 Å². The molecular weight excluding hydrogens is 314 g/mol. The van der Waals surface area contributed by atoms with Crippen molar-refractivity contribution in [2.45, 2.75) is 57.7 Å². The number of amides is 1. The average Bonchev–Trinajstić information content (AvgIpc) is 3.48. The second-order valence-electron chi connectivity index (χ2n) is 7.04. The molecule has 1 amide bonds. The van der Waals surface area contributed by atoms with Gasteiger partial charge in [-0.25, -0.2) is 0 Å². The predicted molar refractivity (Wildman–Crippen MR) is 96.3 cm³/mol. The summed E-state index contributed by atoms with van der Waals surface area (Å²) in [6, 6.07) is 9.77. The van der Waals surface area contributed by atoms with Gasteiger partial charge < -0.3 is 14.5 Å². The summed E-state index contributed by atoms with van der Waals surface area (Å²) in [5, 5.41) is 8.87. The zero-order valence-electron chi connectivity index (χ0n) is 15.1. The zero-order chi connectivity index (χ0) is 17.8. The van der Waals surface area contributed by atoms with Crippen LogP contribution in [-0.2, 0) is 4.79 Å². The zero-order valence-corrected chi connectivity index (χ0v) is 15.1. The predicted octanol–water partition coefficient (Wildman–Crippen LogP) is 2.80. The Kier molecular flexibility index (Phi) is 5.60. The van der Waals surface area contributed by atoms with Crippen LogP contribution in [0.2, 0.25) is 0 Å². The van der Waals surface area contributed by atoms with Crippen molar-refractivity contribution >= 4 is 5.91 Å². The highest BCUT2D eigenvalue weighted by Gasteiger charge is 2.40. The summed E-state index contributed by atoms with van der Waals surface area (Å²) in [5.41, 5.74) is 0.591. The van der Waals surface area contributed by atoms with Crippen LogP contribution in [0, 0.1) is 11.3 Å². The van der Waals surface area contributed by atoms with Crippen LogP contribution in [0.5, 0.6) is 5.75 Å². The van der Waals surface area contributed by atoms with E-state index in [2.05, 4.69) is 22.8 Å². The number of hydrogen-bond acceptors (Lipinski definition) is 4. The number of carbonyl (C=O) groups excluding carboxylic acids is 1. The normalized spacial score (nSPS) is 19.9. The van der Waals surface area contributed by atoms with E-state index in [9.17, 15) is 4.79 Å². The van der Waals surface area contributed by atoms with Gasteiger partial charge in [-0.3, -0.25) is 4.79 Å². The van der Waals surface area contributed by atoms with Crippen LogP contribution in [-0.4, -0.2) is 53.5 Å². The largest absolute Gasteiger partial charge is 0.481 e. The van der Waals surface area contributed by atoms with E-state index < -0.39 is 6.10 Å². The summed E-state index contributed by atoms with van der Waals surface area (Å²) in [6.07, 6.45) is 3.84. The molecule has 1 heterocycles. The lowest BCUT2D eigenvalue weighted by atomic mass is 10.0. The number of benzene rings is 1. The van der Waals surface area contributed by atoms with Crippen molar-refractivity contribution < 1.29 is 9.53 Å². The standard InChI is InChI=1S/C20H27N3O2/c1-3-22-12-10-18(11-13-22)23(17-6-7-17)20(24)15(2)25-19-8-4-16(14-21)5-9-19/h4-5,8-9,15,17-18H,3,6-7,10-13H2,1-2H3. The Bertz CT molecular complexity index is 625. The highest BCUT2D eigenvalue weighted by Crippen LogP contribution is 2.33. The van der Waals surface area contributed by atoms with E-state index in [4.69, 9.17) is 10.00 Å². The first-order valence-corrected chi connectivity index (χ1v) is 9.33. The van der Waals surface area contributed by atoms with E-state index in [0.29, 0.717) is 23.4 Å². The molecule has 0 N–H and O–H groups in total. The number of ether oxygens (including phenoxy) is 1. The first-order valence-electron chi connectivity index (χ1n) is 9.33. The van der Waals surface area contributed by atoms with Crippen molar-refractivity contribution in [3.63, 3.8) is 0 Å². The van der Waals surface area contributed by atoms with Crippen molar-refractivity contribution in [1.29, 1.82) is 5.26 Å². The molecule has 1 aromatic carbocycles. The van der Waals surface area contributed by atoms with E-state index in [1.807, 2.05) is 6.92 Å². The minimum absolute atomic E-state index is 0.0989. The lowest BCUT2D eigenvalue weighted by molar-refractivity contribution is -0.142. The fourth-order valence-electron chi connectivity index (χ4n) is 3.60. The van der Waals surface area contributed by atoms with E-state index >= 15 is 0 Å². The second-order valence-corrected chi connectivity index (χ2v) is 7.04. The molecule has 1 aliphatic heterocycles. The van der Waals surface area contributed by atoms with E-state index in [1.54, 1.807) is 24.3 Å². The number of nitriles is 1. The van der Waals surface area contributed by atoms with Crippen LogP contribution in [0.15, 0.2) is 24.3 Å². The minimum Gasteiger partial charge on any atom is -0.481 e. The van der Waals surface area contributed by atoms with E-state index in [0.717, 1.165) is 45.3 Å². The molecule has 2 aliphatic rings. The molecule has 1 atom stereocenters. The maximum absolute atomic E-state index is 13.0. The highest BCUT2D eigenvalue weighted by atomic mass is 16.5. The van der Waals surface area contributed by atoms with Gasteiger partial charge in [-0.2, -0.15) is 5.26 Å². The van der Waals surface area contributed by atoms with Crippen LogP contribution in [0.4, 0.5) is 0 Å². The summed E-state index contributed by atoms with van der Waals surface area (Å²) in [6.45, 7) is 7.25. The molecule has 1 unspecified atom stereocenters. The Morgan fingerprint density at radius 2 is 1.84 bits per heavy atom. The van der Waals surface area contributed by atoms with Crippen LogP contribution in [0.25, 0.3) is 0 Å². The molecule has 0 bridgehead atoms. The third-order valence-corrected chi connectivity index (χ3v) is 5.24. The minimum atomic E-state index is -0.502. The molecule has 5 nitrogen and oxygen atoms in total. The monoisotopic (exact) mass is 341 g/mol. The van der Waals surface area contributed by atoms with Crippen molar-refractivity contribution in [2.24, 2.45) is 0 Å². The van der Waals surface area contributed by atoms with Gasteiger partial charge in [0.1, 0.15) is 5.75 Å². The van der Waals surface area contributed by atoms with Crippen molar-refractivity contribution in [3.05, 3.63) is 29.8 Å². The smallest absolute Gasteiger partial charge is 0.263 e. The molecule has 1 aromatic rings. The lowest BCUT2D eigenvalue weighted by Gasteiger charge is -2.39. The van der Waals surface area contributed by atoms with Crippen LogP contribution >= 0.6 is 0 Å². The van der Waals surface area contributed by atoms with Gasteiger partial charge in [-0.1, -0.05) is 6.92 Å². The summed E-state index contributed by atoms with van der Waals surface area (Å²) in [4.78, 5) is 17.6. The maximum atomic E-state index is 13.0. The first kappa shape index (κ1) is 17.8. The van der Waals surface area contributed by atoms with Gasteiger partial charge in [0.05, 0.1) is 11.6 Å². The molecule has 0 aromatic heterocycles. The quantitative estimate of drug-likeness (QED) is 0.798. The van der Waals surface area contributed by atoms with Crippen LogP contribution < -0.4 is 4.74 Å². The van der Waals surface area contributed by atoms with Gasteiger partial charge in [-0.05, 0) is 63.4 Å². The Morgan fingerprint density at radius 1 is 1.24 bits per heavy atom. The molecule has 25 heavy (non-hydrogen) atoms. The number of nitrogens with zero attached hydrogens (tertiary/aromatic N) is 3. The Labute approximate surface area is 150 Å². The lowest BCUT2D eigenvalue weighted by Crippen LogP contribution is -2.51. The highest BCUT2D eigenvalue weighted by molar-refractivity contribution is 5.82. The van der Waals surface area contributed by atoms with Crippen LogP contribution in [0.3, 0.4) is 0 Å². The Balaban J connectivity index is 1.62. The number of rotatable bonds is 6. The molecule has 1 saturated carbocycles. The van der Waals surface area contributed by atoms with Crippen molar-refractivity contribution in [1.82, 2.24) is 9.80 Å². The molecule has 2 fully saturated rings. The van der Waals surface area contributed by atoms with Gasteiger partial charge in [0.2, 0.25) is 0 Å². The third kappa shape index (κ3) is 4.32. The molecule has 5 heteroatoms. The van der Waals surface area contributed by atoms with Gasteiger partial charge in [0, 0.05) is 25.2 Å². The van der Waals surface area contributed by atoms with Gasteiger partial charge in [-0.15, -0.1) is 0 Å². The molecule has 0 spiro atoms. The molecule has 3 rings (SSSR count). The number of carbonyl (C=O) groups is 1. The first-order chi connectivity index (χ1) is 12.1. The number of likely N-dealkylation sites (tertiary alicyclic amines) is 1. The average molecular weight is 341 g/mol. The third-order valence-electron chi connectivity index (χ3n) is 5.24. The van der Waals surface area contributed by atoms with E-state index in [-0.39, 0.29) is 5.91 Å². The molecule has 1 saturated heterocycles. The summed E-state index contributed by atoms with van der Waals surface area (Å²) < 4.78 is 5.86. The summed E-state index contributed by atoms with van der Waals surface area (Å²) >= 11 is 0. The van der Waals surface area contributed by atoms with Gasteiger partial charge in [0.15, 0.2) is 6.10 Å². The fraction of sp³-hybridized carbons (Fsp3) is 0.600. The molecule has 1 aliphatic carbocycles. The van der Waals surface area contributed by atoms with Crippen LogP contribution in [0.1, 0.15) is 45.1 Å². The Hall–Kier alpha value is -2.06. The second kappa shape index (κ2) is 7.88. The molecule has 0 radical (unpaired) electrons. The van der Waals surface area contributed by atoms with Crippen molar-refractivity contribution in [2.75, 3.05) is 19.6 Å². The molecule has 134 valence electrons.